The zero-order valence-corrected chi connectivity index (χ0v) is 24.2. The summed E-state index contributed by atoms with van der Waals surface area (Å²) in [6.45, 7) is 0. The van der Waals surface area contributed by atoms with Crippen molar-refractivity contribution in [3.8, 4) is 11.3 Å². The zero-order valence-electron chi connectivity index (χ0n) is 21.0. The Morgan fingerprint density at radius 3 is 2.25 bits per heavy atom. The number of carbonyl (C=O) groups excluding carboxylic acids is 2. The lowest BCUT2D eigenvalue weighted by Crippen LogP contribution is -2.19. The molecule has 2 amide bonds. The van der Waals surface area contributed by atoms with Crippen LogP contribution < -0.4 is 10.6 Å². The average molecular weight is 605 g/mol. The zero-order chi connectivity index (χ0) is 27.9. The number of benzene rings is 4. The van der Waals surface area contributed by atoms with Crippen LogP contribution in [0.2, 0.25) is 10.0 Å². The first kappa shape index (κ1) is 27.9. The first-order valence-corrected chi connectivity index (χ1v) is 14.8. The van der Waals surface area contributed by atoms with Gasteiger partial charge in [-0.05, 0) is 53.6 Å². The molecule has 1 atom stereocenters. The lowest BCUT2D eigenvalue weighted by molar-refractivity contribution is -0.116. The fourth-order valence-electron chi connectivity index (χ4n) is 3.93. The highest BCUT2D eigenvalue weighted by Crippen LogP contribution is 2.38. The first-order valence-electron chi connectivity index (χ1n) is 12.3. The van der Waals surface area contributed by atoms with Gasteiger partial charge in [0.2, 0.25) is 11.8 Å². The van der Waals surface area contributed by atoms with Crippen molar-refractivity contribution in [3.05, 3.63) is 130 Å². The summed E-state index contributed by atoms with van der Waals surface area (Å²) < 4.78 is 0. The van der Waals surface area contributed by atoms with E-state index < -0.39 is 5.25 Å². The van der Waals surface area contributed by atoms with E-state index in [4.69, 9.17) is 23.2 Å². The molecule has 200 valence electrons. The summed E-state index contributed by atoms with van der Waals surface area (Å²) in [5, 5.41) is 9.09. The van der Waals surface area contributed by atoms with Gasteiger partial charge < -0.3 is 10.6 Å². The minimum absolute atomic E-state index is 0.137. The molecular weight excluding hydrogens is 581 g/mol. The maximum atomic E-state index is 13.5. The van der Waals surface area contributed by atoms with Gasteiger partial charge in [0.05, 0.1) is 12.1 Å². The molecule has 1 unspecified atom stereocenters. The van der Waals surface area contributed by atoms with Crippen LogP contribution in [0.1, 0.15) is 16.4 Å². The van der Waals surface area contributed by atoms with Gasteiger partial charge in [-0.15, -0.1) is 23.1 Å². The quantitative estimate of drug-likeness (QED) is 0.165. The van der Waals surface area contributed by atoms with E-state index in [0.717, 1.165) is 27.3 Å². The molecule has 0 radical (unpaired) electrons. The van der Waals surface area contributed by atoms with Gasteiger partial charge in [-0.1, -0.05) is 83.9 Å². The number of nitrogens with zero attached hydrogens (tertiary/aromatic N) is 1. The SMILES string of the molecule is O=C(Cc1ccc(Cl)cc1)Nc1cccc(SC(C(=O)Nc2nc(-c3ccc(Cl)cc3)cs2)c2ccccc2)c1. The summed E-state index contributed by atoms with van der Waals surface area (Å²) in [7, 11) is 0. The normalized spacial score (nSPS) is 11.6. The summed E-state index contributed by atoms with van der Waals surface area (Å²) in [6, 6.07) is 31.7. The largest absolute Gasteiger partial charge is 0.326 e. The third-order valence-electron chi connectivity index (χ3n) is 5.86. The van der Waals surface area contributed by atoms with Crippen molar-refractivity contribution < 1.29 is 9.59 Å². The van der Waals surface area contributed by atoms with E-state index in [1.807, 2.05) is 96.4 Å². The number of thiazole rings is 1. The molecule has 5 aromatic rings. The van der Waals surface area contributed by atoms with Crippen LogP contribution in [0.5, 0.6) is 0 Å². The number of rotatable bonds is 9. The van der Waals surface area contributed by atoms with Crippen LogP contribution >= 0.6 is 46.3 Å². The maximum absolute atomic E-state index is 13.5. The molecule has 1 aromatic heterocycles. The number of hydrogen-bond donors (Lipinski definition) is 2. The van der Waals surface area contributed by atoms with Crippen molar-refractivity contribution in [2.75, 3.05) is 10.6 Å². The van der Waals surface area contributed by atoms with Gasteiger partial charge in [-0.25, -0.2) is 4.98 Å². The van der Waals surface area contributed by atoms with Crippen LogP contribution in [0.4, 0.5) is 10.8 Å². The smallest absolute Gasteiger partial charge is 0.244 e. The molecule has 0 saturated carbocycles. The Morgan fingerprint density at radius 1 is 0.825 bits per heavy atom. The van der Waals surface area contributed by atoms with Gasteiger partial charge in [0, 0.05) is 31.6 Å². The number of aromatic nitrogens is 1. The van der Waals surface area contributed by atoms with E-state index in [1.165, 1.54) is 23.1 Å². The van der Waals surface area contributed by atoms with Gasteiger partial charge in [-0.3, -0.25) is 9.59 Å². The second kappa shape index (κ2) is 13.2. The molecule has 0 saturated heterocycles. The van der Waals surface area contributed by atoms with E-state index >= 15 is 0 Å². The van der Waals surface area contributed by atoms with Crippen molar-refractivity contribution in [1.29, 1.82) is 0 Å². The molecule has 0 spiro atoms. The van der Waals surface area contributed by atoms with Crippen molar-refractivity contribution in [2.45, 2.75) is 16.6 Å². The van der Waals surface area contributed by atoms with Gasteiger partial charge in [-0.2, -0.15) is 0 Å². The highest BCUT2D eigenvalue weighted by molar-refractivity contribution is 8.00. The summed E-state index contributed by atoms with van der Waals surface area (Å²) in [4.78, 5) is 31.6. The molecule has 5 nitrogen and oxygen atoms in total. The Hall–Kier alpha value is -3.62. The molecule has 4 aromatic carbocycles. The van der Waals surface area contributed by atoms with Crippen LogP contribution in [0, 0.1) is 0 Å². The van der Waals surface area contributed by atoms with Crippen molar-refractivity contribution in [3.63, 3.8) is 0 Å². The lowest BCUT2D eigenvalue weighted by atomic mass is 10.1. The summed E-state index contributed by atoms with van der Waals surface area (Å²) in [6.07, 6.45) is 0.232. The standard InChI is InChI=1S/C31H23Cl2N3O2S2/c32-23-13-9-20(10-14-23)17-28(37)34-25-7-4-8-26(18-25)40-29(22-5-2-1-3-6-22)30(38)36-31-35-27(19-39-31)21-11-15-24(33)16-12-21/h1-16,18-19,29H,17H2,(H,34,37)(H,35,36,38). The molecule has 9 heteroatoms. The number of halogens is 2. The van der Waals surface area contributed by atoms with Crippen LogP contribution in [0.3, 0.4) is 0 Å². The minimum atomic E-state index is -0.538. The Bertz CT molecular complexity index is 1610. The van der Waals surface area contributed by atoms with Gasteiger partial charge >= 0.3 is 0 Å². The van der Waals surface area contributed by atoms with Gasteiger partial charge in [0.1, 0.15) is 5.25 Å². The molecule has 2 N–H and O–H groups in total. The van der Waals surface area contributed by atoms with Crippen LogP contribution in [-0.2, 0) is 16.0 Å². The number of anilines is 2. The predicted molar refractivity (Wildman–Crippen MR) is 166 cm³/mol. The summed E-state index contributed by atoms with van der Waals surface area (Å²) >= 11 is 14.7. The molecule has 0 aliphatic carbocycles. The van der Waals surface area contributed by atoms with E-state index in [0.29, 0.717) is 20.9 Å². The predicted octanol–water partition coefficient (Wildman–Crippen LogP) is 8.77. The Labute approximate surface area is 250 Å². The third kappa shape index (κ3) is 7.52. The first-order chi connectivity index (χ1) is 19.4. The van der Waals surface area contributed by atoms with Crippen LogP contribution in [0.15, 0.2) is 113 Å². The third-order valence-corrected chi connectivity index (χ3v) is 8.37. The molecule has 0 bridgehead atoms. The van der Waals surface area contributed by atoms with E-state index in [-0.39, 0.29) is 18.2 Å². The highest BCUT2D eigenvalue weighted by Gasteiger charge is 2.23. The summed E-state index contributed by atoms with van der Waals surface area (Å²) in [5.74, 6) is -0.326. The second-order valence-corrected chi connectivity index (χ2v) is 11.7. The number of nitrogens with one attached hydrogen (secondary N) is 2. The molecular formula is C31H23Cl2N3O2S2. The Kier molecular flexibility index (Phi) is 9.19. The van der Waals surface area contributed by atoms with Crippen molar-refractivity contribution in [2.24, 2.45) is 0 Å². The number of thioether (sulfide) groups is 1. The maximum Gasteiger partial charge on any atom is 0.244 e. The molecule has 0 aliphatic rings. The minimum Gasteiger partial charge on any atom is -0.326 e. The average Bonchev–Trinajstić information content (AvgIpc) is 3.42. The Morgan fingerprint density at radius 2 is 1.52 bits per heavy atom. The van der Waals surface area contributed by atoms with Gasteiger partial charge in [0.25, 0.3) is 0 Å². The van der Waals surface area contributed by atoms with E-state index in [9.17, 15) is 9.59 Å². The number of carbonyl (C=O) groups is 2. The number of amides is 2. The lowest BCUT2D eigenvalue weighted by Gasteiger charge is -2.17. The van der Waals surface area contributed by atoms with Gasteiger partial charge in [0.15, 0.2) is 5.13 Å². The van der Waals surface area contributed by atoms with Crippen molar-refractivity contribution >= 4 is 68.9 Å². The number of hydrogen-bond acceptors (Lipinski definition) is 5. The highest BCUT2D eigenvalue weighted by atomic mass is 35.5. The topological polar surface area (TPSA) is 71.1 Å². The fourth-order valence-corrected chi connectivity index (χ4v) is 5.99. The van der Waals surface area contributed by atoms with Crippen molar-refractivity contribution in [1.82, 2.24) is 4.98 Å². The van der Waals surface area contributed by atoms with E-state index in [2.05, 4.69) is 15.6 Å². The van der Waals surface area contributed by atoms with Crippen LogP contribution in [0.25, 0.3) is 11.3 Å². The second-order valence-electron chi connectivity index (χ2n) is 8.82. The monoisotopic (exact) mass is 603 g/mol. The molecule has 5 rings (SSSR count). The molecule has 0 aliphatic heterocycles. The fraction of sp³-hybridized carbons (Fsp3) is 0.0645. The van der Waals surface area contributed by atoms with E-state index in [1.54, 1.807) is 12.1 Å². The molecule has 1 heterocycles. The van der Waals surface area contributed by atoms with Crippen LogP contribution in [-0.4, -0.2) is 16.8 Å². The molecule has 0 fully saturated rings. The summed E-state index contributed by atoms with van der Waals surface area (Å²) in [5.41, 5.74) is 4.07. The molecule has 40 heavy (non-hydrogen) atoms. The Balaban J connectivity index is 1.29.